The van der Waals surface area contributed by atoms with Gasteiger partial charge in [-0.15, -0.1) is 12.6 Å². The number of carbonyl (C=O) groups excluding carboxylic acids is 1. The molecular formula is C13H16ClNO2S. The summed E-state index contributed by atoms with van der Waals surface area (Å²) in [4.78, 5) is 12.6. The monoisotopic (exact) mass is 285 g/mol. The van der Waals surface area contributed by atoms with E-state index >= 15 is 0 Å². The van der Waals surface area contributed by atoms with Crippen LogP contribution < -0.4 is 5.32 Å². The predicted octanol–water partition coefficient (Wildman–Crippen LogP) is 2.79. The van der Waals surface area contributed by atoms with Gasteiger partial charge in [0.2, 0.25) is 0 Å². The van der Waals surface area contributed by atoms with Crippen LogP contribution in [0.25, 0.3) is 0 Å². The molecule has 0 spiro atoms. The number of halogens is 1. The first-order valence-corrected chi connectivity index (χ1v) is 6.84. The fourth-order valence-corrected chi connectivity index (χ4v) is 1.96. The van der Waals surface area contributed by atoms with E-state index in [1.807, 2.05) is 0 Å². The van der Waals surface area contributed by atoms with Crippen LogP contribution in [0.1, 0.15) is 23.2 Å². The Morgan fingerprint density at radius 1 is 1.50 bits per heavy atom. The van der Waals surface area contributed by atoms with E-state index in [-0.39, 0.29) is 5.91 Å². The molecule has 3 nitrogen and oxygen atoms in total. The maximum atomic E-state index is 11.8. The Bertz CT molecular complexity index is 435. The SMILES string of the molecule is O=C(NCCOCC1CC1)c1cc(S)ccc1Cl. The molecule has 0 aliphatic heterocycles. The number of rotatable bonds is 6. The standard InChI is InChI=1S/C13H16ClNO2S/c14-12-4-3-10(18)7-11(12)13(16)15-5-6-17-8-9-1-2-9/h3-4,7,9,18H,1-2,5-6,8H2,(H,15,16). The van der Waals surface area contributed by atoms with Gasteiger partial charge in [-0.25, -0.2) is 0 Å². The minimum absolute atomic E-state index is 0.189. The first-order valence-electron chi connectivity index (χ1n) is 6.01. The predicted molar refractivity (Wildman–Crippen MR) is 74.6 cm³/mol. The first-order chi connectivity index (χ1) is 8.66. The fraction of sp³-hybridized carbons (Fsp3) is 0.462. The molecule has 98 valence electrons. The summed E-state index contributed by atoms with van der Waals surface area (Å²) in [5.41, 5.74) is 0.450. The van der Waals surface area contributed by atoms with E-state index in [0.717, 1.165) is 17.4 Å². The van der Waals surface area contributed by atoms with Crippen molar-refractivity contribution in [3.05, 3.63) is 28.8 Å². The highest BCUT2D eigenvalue weighted by molar-refractivity contribution is 7.80. The second-order valence-corrected chi connectivity index (χ2v) is 5.36. The van der Waals surface area contributed by atoms with Crippen molar-refractivity contribution in [1.29, 1.82) is 0 Å². The lowest BCUT2D eigenvalue weighted by atomic mass is 10.2. The van der Waals surface area contributed by atoms with Gasteiger partial charge in [0.1, 0.15) is 0 Å². The molecule has 0 aromatic heterocycles. The minimum atomic E-state index is -0.189. The van der Waals surface area contributed by atoms with Crippen LogP contribution in [0.4, 0.5) is 0 Å². The van der Waals surface area contributed by atoms with Gasteiger partial charge in [-0.1, -0.05) is 11.6 Å². The van der Waals surface area contributed by atoms with Crippen LogP contribution in [0.5, 0.6) is 0 Å². The zero-order valence-electron chi connectivity index (χ0n) is 9.99. The second-order valence-electron chi connectivity index (χ2n) is 4.44. The molecule has 1 N–H and O–H groups in total. The van der Waals surface area contributed by atoms with Crippen molar-refractivity contribution >= 4 is 30.1 Å². The molecule has 0 unspecified atom stereocenters. The summed E-state index contributed by atoms with van der Waals surface area (Å²) < 4.78 is 5.44. The third kappa shape index (κ3) is 4.19. The van der Waals surface area contributed by atoms with Crippen molar-refractivity contribution in [3.8, 4) is 0 Å². The molecule has 1 amide bonds. The van der Waals surface area contributed by atoms with Gasteiger partial charge < -0.3 is 10.1 Å². The number of hydrogen-bond donors (Lipinski definition) is 2. The molecule has 5 heteroatoms. The molecule has 0 atom stereocenters. The van der Waals surface area contributed by atoms with Gasteiger partial charge in [0.15, 0.2) is 0 Å². The van der Waals surface area contributed by atoms with Crippen LogP contribution in [0.3, 0.4) is 0 Å². The summed E-state index contributed by atoms with van der Waals surface area (Å²) >= 11 is 10.1. The van der Waals surface area contributed by atoms with Gasteiger partial charge in [-0.05, 0) is 37.0 Å². The van der Waals surface area contributed by atoms with Gasteiger partial charge in [0.25, 0.3) is 5.91 Å². The van der Waals surface area contributed by atoms with E-state index in [9.17, 15) is 4.79 Å². The van der Waals surface area contributed by atoms with Crippen molar-refractivity contribution in [2.24, 2.45) is 5.92 Å². The van der Waals surface area contributed by atoms with E-state index in [2.05, 4.69) is 17.9 Å². The zero-order chi connectivity index (χ0) is 13.0. The topological polar surface area (TPSA) is 38.3 Å². The average Bonchev–Trinajstić information content (AvgIpc) is 3.15. The molecule has 1 fully saturated rings. The van der Waals surface area contributed by atoms with Crippen molar-refractivity contribution in [2.75, 3.05) is 19.8 Å². The van der Waals surface area contributed by atoms with E-state index < -0.39 is 0 Å². The van der Waals surface area contributed by atoms with Crippen molar-refractivity contribution in [3.63, 3.8) is 0 Å². The van der Waals surface area contributed by atoms with Crippen LogP contribution in [-0.2, 0) is 4.74 Å². The quantitative estimate of drug-likeness (QED) is 0.623. The molecule has 1 aliphatic rings. The second kappa shape index (κ2) is 6.45. The number of nitrogens with one attached hydrogen (secondary N) is 1. The molecule has 0 heterocycles. The highest BCUT2D eigenvalue weighted by Crippen LogP contribution is 2.28. The number of carbonyl (C=O) groups is 1. The maximum absolute atomic E-state index is 11.8. The Kier molecular flexibility index (Phi) is 4.92. The summed E-state index contributed by atoms with van der Waals surface area (Å²) in [6, 6.07) is 5.08. The Hall–Kier alpha value is -0.710. The van der Waals surface area contributed by atoms with Crippen LogP contribution in [0.15, 0.2) is 23.1 Å². The molecule has 0 bridgehead atoms. The van der Waals surface area contributed by atoms with Gasteiger partial charge in [-0.2, -0.15) is 0 Å². The van der Waals surface area contributed by atoms with Gasteiger partial charge in [0, 0.05) is 18.0 Å². The number of hydrogen-bond acceptors (Lipinski definition) is 3. The largest absolute Gasteiger partial charge is 0.379 e. The van der Waals surface area contributed by atoms with Crippen molar-refractivity contribution in [2.45, 2.75) is 17.7 Å². The lowest BCUT2D eigenvalue weighted by Crippen LogP contribution is -2.27. The maximum Gasteiger partial charge on any atom is 0.252 e. The molecule has 1 aromatic rings. The zero-order valence-corrected chi connectivity index (χ0v) is 11.6. The Balaban J connectivity index is 1.74. The van der Waals surface area contributed by atoms with Gasteiger partial charge in [-0.3, -0.25) is 4.79 Å². The van der Waals surface area contributed by atoms with Gasteiger partial charge in [0.05, 0.1) is 17.2 Å². The lowest BCUT2D eigenvalue weighted by Gasteiger charge is -2.07. The third-order valence-electron chi connectivity index (χ3n) is 2.78. The molecule has 0 radical (unpaired) electrons. The Labute approximate surface area is 117 Å². The molecule has 1 saturated carbocycles. The number of ether oxygens (including phenoxy) is 1. The fourth-order valence-electron chi connectivity index (χ4n) is 1.55. The van der Waals surface area contributed by atoms with Crippen molar-refractivity contribution in [1.82, 2.24) is 5.32 Å². The lowest BCUT2D eigenvalue weighted by molar-refractivity contribution is 0.0906. The minimum Gasteiger partial charge on any atom is -0.379 e. The molecule has 18 heavy (non-hydrogen) atoms. The molecule has 1 aliphatic carbocycles. The van der Waals surface area contributed by atoms with Gasteiger partial charge >= 0.3 is 0 Å². The molecular weight excluding hydrogens is 270 g/mol. The smallest absolute Gasteiger partial charge is 0.252 e. The Morgan fingerprint density at radius 3 is 3.00 bits per heavy atom. The normalized spacial score (nSPS) is 14.6. The molecule has 1 aromatic carbocycles. The van der Waals surface area contributed by atoms with Crippen LogP contribution in [-0.4, -0.2) is 25.7 Å². The first kappa shape index (κ1) is 13.7. The number of benzene rings is 1. The highest BCUT2D eigenvalue weighted by Gasteiger charge is 2.20. The molecule has 0 saturated heterocycles. The summed E-state index contributed by atoms with van der Waals surface area (Å²) in [5, 5.41) is 3.21. The average molecular weight is 286 g/mol. The van der Waals surface area contributed by atoms with E-state index in [1.165, 1.54) is 12.8 Å². The van der Waals surface area contributed by atoms with E-state index in [1.54, 1.807) is 18.2 Å². The van der Waals surface area contributed by atoms with E-state index in [4.69, 9.17) is 16.3 Å². The number of amides is 1. The third-order valence-corrected chi connectivity index (χ3v) is 3.38. The highest BCUT2D eigenvalue weighted by atomic mass is 35.5. The van der Waals surface area contributed by atoms with Crippen LogP contribution in [0, 0.1) is 5.92 Å². The van der Waals surface area contributed by atoms with Crippen LogP contribution in [0.2, 0.25) is 5.02 Å². The van der Waals surface area contributed by atoms with Crippen molar-refractivity contribution < 1.29 is 9.53 Å². The summed E-state index contributed by atoms with van der Waals surface area (Å²) in [7, 11) is 0. The summed E-state index contributed by atoms with van der Waals surface area (Å²) in [6.45, 7) is 1.85. The van der Waals surface area contributed by atoms with Crippen LogP contribution >= 0.6 is 24.2 Å². The summed E-state index contributed by atoms with van der Waals surface area (Å²) in [6.07, 6.45) is 2.55. The summed E-state index contributed by atoms with van der Waals surface area (Å²) in [5.74, 6) is 0.557. The molecule has 2 rings (SSSR count). The van der Waals surface area contributed by atoms with E-state index in [0.29, 0.717) is 23.7 Å². The number of thiol groups is 1. The Morgan fingerprint density at radius 2 is 2.28 bits per heavy atom.